The van der Waals surface area contributed by atoms with Gasteiger partial charge in [0.25, 0.3) is 6.47 Å². The SMILES string of the molecule is CC(C)(O)[C@@H]1CC[C@](C)([C@H]2[C@@H](O)C[C@@]3(C)C4C[C@H](O)C5C(C)(C)[C@@H](O)CC[C@]5(C)C4=C[C@@H](O)[C@]23C)O1.CC(C)(O)[C@@H]1CC[C@](C)([C@H]2[C@@H](O)C[C@@]3(C)C4C[C@H](O)C5C(C)(C)[C@@H](O)CC[C@]5(C)C4=C[C@H](O)[C@]23C)O1.CC(C)(O)[C@@H]1CC[C@](C)([C@H]2[C@@H](O)C[C@@]3(C)C4C[C@H](O)[C@@H](C(C)(C)O)[C@@]5(CCOC=O)C[C@@]45CC[C@]23C)O1.CC1(C)C(=O)CC[C@]23C[C@]24CC[C@]2(C)[C@@H]([C@@]5(C)CC[C@@H](C(C)(C)O)O5)[C@@H](O)C[C@@]2(C)C4C[C@H](O)C13. The van der Waals surface area contributed by atoms with Crippen LogP contribution in [-0.4, -0.2) is 254 Å². The van der Waals surface area contributed by atoms with Crippen molar-refractivity contribution in [2.24, 2.45) is 163 Å². The van der Waals surface area contributed by atoms with Crippen LogP contribution < -0.4 is 0 Å². The molecule has 21 aliphatic rings. The molecule has 0 aromatic carbocycles. The summed E-state index contributed by atoms with van der Waals surface area (Å²) in [6, 6.07) is 0. The second-order valence-corrected chi connectivity index (χ2v) is 61.6. The highest BCUT2D eigenvalue weighted by Gasteiger charge is 2.88. The van der Waals surface area contributed by atoms with Crippen LogP contribution in [-0.2, 0) is 33.3 Å². The summed E-state index contributed by atoms with van der Waals surface area (Å²) in [6.45, 7) is 62.2. The lowest BCUT2D eigenvalue weighted by atomic mass is 9.40. The molecule has 3 spiro atoms. The lowest BCUT2D eigenvalue weighted by Crippen LogP contribution is -2.65. The average Bonchev–Trinajstić information content (AvgIpc) is 1.46. The number of aliphatic hydroxyl groups is 17. The number of aliphatic hydroxyl groups excluding tert-OH is 12. The van der Waals surface area contributed by atoms with Gasteiger partial charge in [-0.2, -0.15) is 0 Å². The fraction of sp³-hybridized carbons (Fsp3) is 0.950. The largest absolute Gasteiger partial charge is 0.468 e. The number of hydrogen-bond donors (Lipinski definition) is 17. The summed E-state index contributed by atoms with van der Waals surface area (Å²) in [7, 11) is 0. The summed E-state index contributed by atoms with van der Waals surface area (Å²) in [6.07, 6.45) is 18.5. The van der Waals surface area contributed by atoms with Gasteiger partial charge in [-0.25, -0.2) is 0 Å². The highest BCUT2D eigenvalue weighted by Crippen LogP contribution is 2.92. The average molecular weight is 2020 g/mol. The Morgan fingerprint density at radius 1 is 0.347 bits per heavy atom. The van der Waals surface area contributed by atoms with Crippen LogP contribution in [0.3, 0.4) is 0 Å². The number of ketones is 1. The van der Waals surface area contributed by atoms with Gasteiger partial charge >= 0.3 is 0 Å². The first-order valence-electron chi connectivity index (χ1n) is 57.1. The van der Waals surface area contributed by atoms with Crippen LogP contribution in [0.5, 0.6) is 0 Å². The molecule has 17 aliphatic carbocycles. The summed E-state index contributed by atoms with van der Waals surface area (Å²) in [5, 5.41) is 193. The van der Waals surface area contributed by atoms with Crippen molar-refractivity contribution in [1.82, 2.24) is 0 Å². The minimum atomic E-state index is -1.05. The van der Waals surface area contributed by atoms with Gasteiger partial charge in [0.15, 0.2) is 0 Å². The summed E-state index contributed by atoms with van der Waals surface area (Å²) in [4.78, 5) is 23.9. The van der Waals surface area contributed by atoms with Crippen LogP contribution in [0.2, 0.25) is 0 Å². The van der Waals surface area contributed by atoms with Gasteiger partial charge in [0.2, 0.25) is 0 Å². The zero-order valence-electron chi connectivity index (χ0n) is 94.1. The first-order chi connectivity index (χ1) is 65.6. The lowest BCUT2D eigenvalue weighted by Gasteiger charge is -2.66. The van der Waals surface area contributed by atoms with E-state index in [0.717, 1.165) is 109 Å². The molecule has 15 saturated carbocycles. The van der Waals surface area contributed by atoms with Crippen molar-refractivity contribution in [2.75, 3.05) is 6.61 Å². The molecule has 46 atom stereocenters. The molecule has 24 nitrogen and oxygen atoms in total. The van der Waals surface area contributed by atoms with E-state index in [2.05, 4.69) is 137 Å². The molecule has 0 aromatic rings. The van der Waals surface area contributed by atoms with E-state index >= 15 is 0 Å². The molecule has 7 unspecified atom stereocenters. The van der Waals surface area contributed by atoms with Gasteiger partial charge in [-0.15, -0.1) is 0 Å². The number of carbonyl (C=O) groups is 2. The van der Waals surface area contributed by atoms with Gasteiger partial charge in [-0.3, -0.25) is 9.59 Å². The van der Waals surface area contributed by atoms with Crippen molar-refractivity contribution in [3.63, 3.8) is 0 Å². The van der Waals surface area contributed by atoms with Crippen LogP contribution in [0.4, 0.5) is 0 Å². The van der Waals surface area contributed by atoms with E-state index in [9.17, 15) is 96.4 Å². The van der Waals surface area contributed by atoms with Gasteiger partial charge in [0, 0.05) is 70.0 Å². The second-order valence-electron chi connectivity index (χ2n) is 61.6. The predicted molar refractivity (Wildman–Crippen MR) is 548 cm³/mol. The number of carbonyl (C=O) groups excluding carboxylic acids is 2. The smallest absolute Gasteiger partial charge is 0.293 e. The van der Waals surface area contributed by atoms with E-state index in [4.69, 9.17) is 23.7 Å². The number of hydrogen-bond acceptors (Lipinski definition) is 24. The zero-order chi connectivity index (χ0) is 107. The van der Waals surface area contributed by atoms with E-state index in [1.54, 1.807) is 55.4 Å². The fourth-order valence-electron chi connectivity index (χ4n) is 44.5. The van der Waals surface area contributed by atoms with Crippen molar-refractivity contribution in [3.8, 4) is 0 Å². The molecule has 0 aromatic heterocycles. The minimum absolute atomic E-state index is 0.0126. The summed E-state index contributed by atoms with van der Waals surface area (Å²) >= 11 is 0. The highest BCUT2D eigenvalue weighted by molar-refractivity contribution is 5.86. The van der Waals surface area contributed by atoms with Crippen molar-refractivity contribution in [3.05, 3.63) is 23.3 Å². The maximum Gasteiger partial charge on any atom is 0.293 e. The third-order valence-corrected chi connectivity index (χ3v) is 51.4. The predicted octanol–water partition coefficient (Wildman–Crippen LogP) is 15.4. The number of Topliss-reactive ketones (excluding diaryl/α,β-unsaturated/α-hetero) is 1. The Bertz CT molecular complexity index is 4800. The van der Waals surface area contributed by atoms with Crippen LogP contribution in [0, 0.1) is 163 Å². The Morgan fingerprint density at radius 2 is 0.681 bits per heavy atom. The minimum Gasteiger partial charge on any atom is -0.468 e. The van der Waals surface area contributed by atoms with Crippen LogP contribution in [0.1, 0.15) is 394 Å². The van der Waals surface area contributed by atoms with Crippen molar-refractivity contribution in [2.45, 2.75) is 542 Å². The van der Waals surface area contributed by atoms with E-state index in [-0.39, 0.29) is 144 Å². The van der Waals surface area contributed by atoms with Crippen LogP contribution >= 0.6 is 0 Å². The molecule has 4 saturated heterocycles. The van der Waals surface area contributed by atoms with E-state index in [0.29, 0.717) is 102 Å². The second kappa shape index (κ2) is 33.9. The monoisotopic (exact) mass is 2020 g/mol. The van der Waals surface area contributed by atoms with Gasteiger partial charge in [-0.1, -0.05) is 134 Å². The fourth-order valence-corrected chi connectivity index (χ4v) is 44.5. The van der Waals surface area contributed by atoms with Gasteiger partial charge in [0.05, 0.1) is 155 Å². The van der Waals surface area contributed by atoms with Crippen LogP contribution in [0.25, 0.3) is 0 Å². The Balaban J connectivity index is 0.000000126. The molecule has 0 bridgehead atoms. The quantitative estimate of drug-likeness (QED) is 0.0462. The Labute approximate surface area is 862 Å². The molecule has 24 heteroatoms. The van der Waals surface area contributed by atoms with Gasteiger partial charge in [0.1, 0.15) is 5.78 Å². The molecule has 21 rings (SSSR count). The van der Waals surface area contributed by atoms with Gasteiger partial charge < -0.3 is 110 Å². The first kappa shape index (κ1) is 111. The molecule has 17 N–H and O–H groups in total. The molecular formula is C120H198O24. The van der Waals surface area contributed by atoms with Crippen LogP contribution in [0.15, 0.2) is 23.3 Å². The van der Waals surface area contributed by atoms with Crippen molar-refractivity contribution < 1.29 is 120 Å². The van der Waals surface area contributed by atoms with Gasteiger partial charge in [-0.05, 0) is 376 Å². The Kier molecular flexibility index (Phi) is 26.3. The highest BCUT2D eigenvalue weighted by atomic mass is 16.6. The van der Waals surface area contributed by atoms with E-state index < -0.39 is 162 Å². The summed E-state index contributed by atoms with van der Waals surface area (Å²) < 4.78 is 31.6. The number of fused-ring (bicyclic) bond motifs is 14. The topological polar surface area (TPSA) is 424 Å². The molecule has 0 amide bonds. The third kappa shape index (κ3) is 15.0. The van der Waals surface area contributed by atoms with Crippen molar-refractivity contribution >= 4 is 12.3 Å². The first-order valence-corrected chi connectivity index (χ1v) is 57.1. The molecule has 4 heterocycles. The summed E-state index contributed by atoms with van der Waals surface area (Å²) in [5.74, 6) is -0.139. The van der Waals surface area contributed by atoms with E-state index in [1.807, 2.05) is 27.7 Å². The van der Waals surface area contributed by atoms with E-state index in [1.165, 1.54) is 11.1 Å². The molecule has 822 valence electrons. The maximum atomic E-state index is 12.9. The normalized spacial score (nSPS) is 56.3. The number of rotatable bonds is 13. The lowest BCUT2D eigenvalue weighted by molar-refractivity contribution is -0.206. The zero-order valence-corrected chi connectivity index (χ0v) is 94.1. The Morgan fingerprint density at radius 3 is 1.03 bits per heavy atom. The molecule has 144 heavy (non-hydrogen) atoms. The Hall–Kier alpha value is -2.22. The third-order valence-electron chi connectivity index (χ3n) is 51.4. The maximum absolute atomic E-state index is 12.9. The standard InChI is InChI=1S/C30H50O7.2C30H50O6.C30H48O5/c1-24(2,34)21-8-9-28(7,37-21)23-19(33)15-27(6)20-14-18(32)22(25(3,4)35)30(12-13-36-17-31)16-29(20,30)11-10-26(23,27)5;2*1-25(2)20(33)9-11-27(5)16-14-21(34)30(8)24(29(7)12-10-22(36-29)26(3,4)35)19(32)15-28(30,6)17(16)13-18(31)23(25)27;1-24(2)20(33)8-11-30-16-29(30)13-12-26(5)23(28(7)10-9-21(35-28)25(3,4)34)18(32)15-27(26,6)19(29)14-17(31)22(24)30/h17-23,32-35H,8-16H2,1-7H3;2*14,17-24,31-35H,9-13,15H2,1-8H3;17-19,21-23,31-32,34H,8-16H2,1-7H3/t18-,19-,20?,21-,22-,23-,26+,27-,28+,29-,30+;17?,18-,19-,20-,21+,22-,23?,24+,27+,28-,29+,30+;17?,18-,19-,20-,21-,22-,23?,24+,27+,28-,29+,30+;17-,18-,19?,21-,22?,23-,26+,27-,28+,29-,30+/m0000/s1. The molecule has 0 radical (unpaired) electrons. The molecular weight excluding hydrogens is 1830 g/mol. The number of allylic oxidation sites excluding steroid dienone is 2. The molecule has 19 fully saturated rings. The number of ether oxygens (including phenoxy) is 5. The molecule has 4 aliphatic heterocycles. The summed E-state index contributed by atoms with van der Waals surface area (Å²) in [5.41, 5.74) is -9.50. The van der Waals surface area contributed by atoms with Crippen molar-refractivity contribution in [1.29, 1.82) is 0 Å².